The number of aryl methyl sites for hydroxylation is 1. The fourth-order valence-electron chi connectivity index (χ4n) is 3.74. The van der Waals surface area contributed by atoms with E-state index in [1.807, 2.05) is 30.3 Å². The van der Waals surface area contributed by atoms with E-state index in [1.54, 1.807) is 19.2 Å². The molecule has 2 aromatic carbocycles. The summed E-state index contributed by atoms with van der Waals surface area (Å²) in [4.78, 5) is 4.68. The number of benzene rings is 2. The third-order valence-electron chi connectivity index (χ3n) is 5.08. The first-order chi connectivity index (χ1) is 13.7. The van der Waals surface area contributed by atoms with Gasteiger partial charge >= 0.3 is 0 Å². The van der Waals surface area contributed by atoms with Gasteiger partial charge < -0.3 is 9.47 Å². The van der Waals surface area contributed by atoms with Gasteiger partial charge in [0.15, 0.2) is 0 Å². The molecule has 0 fully saturated rings. The van der Waals surface area contributed by atoms with E-state index in [0.29, 0.717) is 17.0 Å². The van der Waals surface area contributed by atoms with Crippen molar-refractivity contribution in [2.75, 3.05) is 14.2 Å². The van der Waals surface area contributed by atoms with Gasteiger partial charge in [0.25, 0.3) is 0 Å². The molecule has 5 nitrogen and oxygen atoms in total. The van der Waals surface area contributed by atoms with Crippen LogP contribution in [-0.4, -0.2) is 19.2 Å². The lowest BCUT2D eigenvalue weighted by Crippen LogP contribution is -2.11. The van der Waals surface area contributed by atoms with Gasteiger partial charge in [-0.2, -0.15) is 10.5 Å². The van der Waals surface area contributed by atoms with Crippen molar-refractivity contribution >= 4 is 0 Å². The highest BCUT2D eigenvalue weighted by molar-refractivity contribution is 5.84. The molecule has 0 atom stereocenters. The molecule has 1 aliphatic rings. The summed E-state index contributed by atoms with van der Waals surface area (Å²) in [5, 5.41) is 18.9. The molecule has 0 spiro atoms. The van der Waals surface area contributed by atoms with E-state index in [2.05, 4.69) is 17.1 Å². The maximum absolute atomic E-state index is 9.82. The minimum atomic E-state index is 0.310. The molecule has 28 heavy (non-hydrogen) atoms. The van der Waals surface area contributed by atoms with Crippen molar-refractivity contribution in [3.05, 3.63) is 64.7 Å². The van der Waals surface area contributed by atoms with Crippen LogP contribution in [0.3, 0.4) is 0 Å². The number of hydrogen-bond donors (Lipinski definition) is 0. The second kappa shape index (κ2) is 7.06. The van der Waals surface area contributed by atoms with Gasteiger partial charge in [0.2, 0.25) is 5.88 Å². The fraction of sp³-hybridized carbons (Fsp3) is 0.174. The standard InChI is InChI=1S/C23H17N3O2/c1-27-17-8-10-18-16(11-17)7-9-19-21(15-5-3-14(12-24)4-6-15)20(13-25)23(28-2)26-22(18)19/h3-6,8,10-11H,7,9H2,1-2H3. The van der Waals surface area contributed by atoms with Gasteiger partial charge in [-0.1, -0.05) is 12.1 Å². The largest absolute Gasteiger partial charge is 0.497 e. The summed E-state index contributed by atoms with van der Waals surface area (Å²) in [6.45, 7) is 0. The SMILES string of the molecule is COc1ccc2c(c1)CCc1c-2nc(OC)c(C#N)c1-c1ccc(C#N)cc1. The third-order valence-corrected chi connectivity index (χ3v) is 5.08. The number of ether oxygens (including phenoxy) is 2. The van der Waals surface area contributed by atoms with E-state index < -0.39 is 0 Å². The van der Waals surface area contributed by atoms with Crippen molar-refractivity contribution in [2.45, 2.75) is 12.8 Å². The van der Waals surface area contributed by atoms with Crippen molar-refractivity contribution < 1.29 is 9.47 Å². The molecule has 0 radical (unpaired) electrons. The number of pyridine rings is 1. The number of nitrogens with zero attached hydrogens (tertiary/aromatic N) is 3. The van der Waals surface area contributed by atoms with Crippen LogP contribution in [0.5, 0.6) is 11.6 Å². The van der Waals surface area contributed by atoms with E-state index in [4.69, 9.17) is 14.7 Å². The zero-order valence-corrected chi connectivity index (χ0v) is 15.6. The Morgan fingerprint density at radius 1 is 0.929 bits per heavy atom. The summed E-state index contributed by atoms with van der Waals surface area (Å²) in [6.07, 6.45) is 1.60. The zero-order valence-electron chi connectivity index (χ0n) is 15.6. The first-order valence-corrected chi connectivity index (χ1v) is 8.89. The molecular formula is C23H17N3O2. The van der Waals surface area contributed by atoms with Gasteiger partial charge in [0.05, 0.1) is 31.5 Å². The molecule has 136 valence electrons. The molecule has 0 saturated carbocycles. The third kappa shape index (κ3) is 2.74. The summed E-state index contributed by atoms with van der Waals surface area (Å²) >= 11 is 0. The minimum Gasteiger partial charge on any atom is -0.497 e. The van der Waals surface area contributed by atoms with Gasteiger partial charge in [0, 0.05) is 11.1 Å². The van der Waals surface area contributed by atoms with Crippen molar-refractivity contribution in [2.24, 2.45) is 0 Å². The first kappa shape index (κ1) is 17.6. The molecule has 0 unspecified atom stereocenters. The monoisotopic (exact) mass is 367 g/mol. The number of aromatic nitrogens is 1. The average Bonchev–Trinajstić information content (AvgIpc) is 2.77. The molecule has 0 aliphatic heterocycles. The van der Waals surface area contributed by atoms with Gasteiger partial charge in [-0.05, 0) is 59.9 Å². The highest BCUT2D eigenvalue weighted by atomic mass is 16.5. The first-order valence-electron chi connectivity index (χ1n) is 8.89. The Morgan fingerprint density at radius 3 is 2.36 bits per heavy atom. The lowest BCUT2D eigenvalue weighted by atomic mass is 9.83. The highest BCUT2D eigenvalue weighted by Gasteiger charge is 2.26. The van der Waals surface area contributed by atoms with Crippen LogP contribution in [0, 0.1) is 22.7 Å². The molecule has 0 amide bonds. The smallest absolute Gasteiger partial charge is 0.232 e. The van der Waals surface area contributed by atoms with Crippen LogP contribution in [0.2, 0.25) is 0 Å². The van der Waals surface area contributed by atoms with Crippen molar-refractivity contribution in [1.29, 1.82) is 10.5 Å². The molecule has 0 N–H and O–H groups in total. The van der Waals surface area contributed by atoms with Gasteiger partial charge in [-0.25, -0.2) is 4.98 Å². The normalized spacial score (nSPS) is 11.6. The van der Waals surface area contributed by atoms with Crippen LogP contribution in [0.1, 0.15) is 22.3 Å². The topological polar surface area (TPSA) is 78.9 Å². The van der Waals surface area contributed by atoms with Crippen LogP contribution < -0.4 is 9.47 Å². The molecule has 5 heteroatoms. The second-order valence-electron chi connectivity index (χ2n) is 6.52. The molecule has 3 aromatic rings. The molecule has 1 aromatic heterocycles. The number of rotatable bonds is 3. The quantitative estimate of drug-likeness (QED) is 0.690. The summed E-state index contributed by atoms with van der Waals surface area (Å²) in [5.74, 6) is 1.12. The van der Waals surface area contributed by atoms with Crippen LogP contribution in [0.15, 0.2) is 42.5 Å². The van der Waals surface area contributed by atoms with Crippen molar-refractivity contribution in [1.82, 2.24) is 4.98 Å². The molecule has 4 rings (SSSR count). The van der Waals surface area contributed by atoms with E-state index in [9.17, 15) is 5.26 Å². The van der Waals surface area contributed by atoms with Crippen LogP contribution >= 0.6 is 0 Å². The Hall–Kier alpha value is -3.83. The van der Waals surface area contributed by atoms with Crippen LogP contribution in [-0.2, 0) is 12.8 Å². The zero-order chi connectivity index (χ0) is 19.7. The van der Waals surface area contributed by atoms with Gasteiger partial charge in [-0.3, -0.25) is 0 Å². The molecule has 1 heterocycles. The predicted octanol–water partition coefficient (Wildman–Crippen LogP) is 4.27. The summed E-state index contributed by atoms with van der Waals surface area (Å²) in [5.41, 5.74) is 6.76. The maximum atomic E-state index is 9.82. The van der Waals surface area contributed by atoms with Crippen molar-refractivity contribution in [3.63, 3.8) is 0 Å². The number of fused-ring (bicyclic) bond motifs is 3. The lowest BCUT2D eigenvalue weighted by molar-refractivity contribution is 0.397. The predicted molar refractivity (Wildman–Crippen MR) is 105 cm³/mol. The van der Waals surface area contributed by atoms with Crippen LogP contribution in [0.25, 0.3) is 22.4 Å². The molecule has 1 aliphatic carbocycles. The van der Waals surface area contributed by atoms with Crippen molar-refractivity contribution in [3.8, 4) is 46.2 Å². The number of nitriles is 2. The Labute approximate surface area is 163 Å². The van der Waals surface area contributed by atoms with E-state index in [1.165, 1.54) is 7.11 Å². The Bertz CT molecular complexity index is 1150. The molecule has 0 bridgehead atoms. The van der Waals surface area contributed by atoms with E-state index >= 15 is 0 Å². The van der Waals surface area contributed by atoms with Gasteiger partial charge in [0.1, 0.15) is 17.4 Å². The van der Waals surface area contributed by atoms with E-state index in [-0.39, 0.29) is 0 Å². The maximum Gasteiger partial charge on any atom is 0.232 e. The Kier molecular flexibility index (Phi) is 4.43. The average molecular weight is 367 g/mol. The number of methoxy groups -OCH3 is 2. The fourth-order valence-corrected chi connectivity index (χ4v) is 3.74. The Balaban J connectivity index is 2.01. The summed E-state index contributed by atoms with van der Waals surface area (Å²) in [6, 6.07) is 17.6. The highest BCUT2D eigenvalue weighted by Crippen LogP contribution is 2.43. The summed E-state index contributed by atoms with van der Waals surface area (Å²) < 4.78 is 10.8. The molecule has 0 saturated heterocycles. The van der Waals surface area contributed by atoms with Crippen LogP contribution in [0.4, 0.5) is 0 Å². The number of hydrogen-bond acceptors (Lipinski definition) is 5. The van der Waals surface area contributed by atoms with Gasteiger partial charge in [-0.15, -0.1) is 0 Å². The minimum absolute atomic E-state index is 0.310. The summed E-state index contributed by atoms with van der Waals surface area (Å²) in [7, 11) is 3.18. The Morgan fingerprint density at radius 2 is 1.71 bits per heavy atom. The lowest BCUT2D eigenvalue weighted by Gasteiger charge is -2.24. The van der Waals surface area contributed by atoms with E-state index in [0.717, 1.165) is 52.1 Å². The second-order valence-corrected chi connectivity index (χ2v) is 6.52. The molecular weight excluding hydrogens is 350 g/mol.